The zero-order valence-corrected chi connectivity index (χ0v) is 22.7. The van der Waals surface area contributed by atoms with Crippen molar-refractivity contribution in [2.75, 3.05) is 46.0 Å². The van der Waals surface area contributed by atoms with Crippen molar-refractivity contribution in [1.29, 1.82) is 0 Å². The van der Waals surface area contributed by atoms with Gasteiger partial charge in [0.05, 0.1) is 25.4 Å². The van der Waals surface area contributed by atoms with Crippen LogP contribution in [0.3, 0.4) is 0 Å². The number of nitrogens with one attached hydrogen (secondary N) is 2. The number of alkyl halides is 1. The summed E-state index contributed by atoms with van der Waals surface area (Å²) in [5, 5.41) is 6.83. The Balaban J connectivity index is 1.33. The molecule has 4 aromatic rings. The van der Waals surface area contributed by atoms with Crippen LogP contribution in [0.5, 0.6) is 17.2 Å². The fourth-order valence-electron chi connectivity index (χ4n) is 5.36. The minimum atomic E-state index is -0.877. The van der Waals surface area contributed by atoms with Gasteiger partial charge < -0.3 is 24.8 Å². The lowest BCUT2D eigenvalue weighted by Gasteiger charge is -2.38. The molecule has 1 aliphatic heterocycles. The summed E-state index contributed by atoms with van der Waals surface area (Å²) in [4.78, 5) is 19.5. The van der Waals surface area contributed by atoms with E-state index in [0.29, 0.717) is 30.9 Å². The average molecular weight is 545 g/mol. The maximum atomic E-state index is 12.8. The zero-order chi connectivity index (χ0) is 27.9. The number of fused-ring (bicyclic) bond motifs is 2. The van der Waals surface area contributed by atoms with Crippen LogP contribution in [-0.2, 0) is 12.8 Å². The highest BCUT2D eigenvalue weighted by Gasteiger charge is 2.31. The van der Waals surface area contributed by atoms with Gasteiger partial charge in [-0.25, -0.2) is 9.18 Å². The number of ether oxygens (including phenoxy) is 3. The molecule has 8 nitrogen and oxygen atoms in total. The second-order valence-corrected chi connectivity index (χ2v) is 9.57. The predicted octanol–water partition coefficient (Wildman–Crippen LogP) is 5.52. The molecule has 0 saturated carbocycles. The Morgan fingerprint density at radius 3 is 2.75 bits per heavy atom. The van der Waals surface area contributed by atoms with E-state index in [1.165, 1.54) is 5.56 Å². The Morgan fingerprint density at radius 2 is 1.93 bits per heavy atom. The van der Waals surface area contributed by atoms with E-state index < -0.39 is 6.86 Å². The molecular weight excluding hydrogens is 511 g/mol. The molecular formula is C31H33FN4O4. The number of aromatic nitrogens is 1. The number of amides is 2. The molecule has 1 aromatic heterocycles. The van der Waals surface area contributed by atoms with Gasteiger partial charge in [-0.05, 0) is 54.3 Å². The summed E-state index contributed by atoms with van der Waals surface area (Å²) >= 11 is 0. The van der Waals surface area contributed by atoms with Gasteiger partial charge in [-0.2, -0.15) is 0 Å². The van der Waals surface area contributed by atoms with Gasteiger partial charge in [-0.3, -0.25) is 9.88 Å². The van der Waals surface area contributed by atoms with Crippen LogP contribution >= 0.6 is 0 Å². The van der Waals surface area contributed by atoms with E-state index in [1.807, 2.05) is 48.5 Å². The van der Waals surface area contributed by atoms with Crippen molar-refractivity contribution in [3.63, 3.8) is 0 Å². The molecule has 40 heavy (non-hydrogen) atoms. The number of carbonyl (C=O) groups is 1. The first-order valence-corrected chi connectivity index (χ1v) is 13.2. The molecule has 1 atom stereocenters. The van der Waals surface area contributed by atoms with Gasteiger partial charge in [-0.1, -0.05) is 30.3 Å². The molecule has 2 amide bonds. The lowest BCUT2D eigenvalue weighted by molar-refractivity contribution is 0.179. The summed E-state index contributed by atoms with van der Waals surface area (Å²) in [5.74, 6) is 2.00. The van der Waals surface area contributed by atoms with Gasteiger partial charge in [0.1, 0.15) is 17.2 Å². The van der Waals surface area contributed by atoms with E-state index >= 15 is 0 Å². The van der Waals surface area contributed by atoms with Gasteiger partial charge in [0.2, 0.25) is 6.86 Å². The number of rotatable bonds is 10. The van der Waals surface area contributed by atoms with Crippen molar-refractivity contribution in [1.82, 2.24) is 15.2 Å². The Kier molecular flexibility index (Phi) is 8.61. The number of hydrogen-bond donors (Lipinski definition) is 2. The average Bonchev–Trinajstić information content (AvgIpc) is 2.98. The molecule has 3 aromatic carbocycles. The Labute approximate surface area is 233 Å². The minimum Gasteiger partial charge on any atom is -0.497 e. The highest BCUT2D eigenvalue weighted by Crippen LogP contribution is 2.41. The Hall–Kier alpha value is -4.37. The third kappa shape index (κ3) is 6.10. The summed E-state index contributed by atoms with van der Waals surface area (Å²) in [5.41, 5.74) is 4.81. The fourth-order valence-corrected chi connectivity index (χ4v) is 5.36. The summed E-state index contributed by atoms with van der Waals surface area (Å²) in [6, 6.07) is 20.6. The molecule has 2 heterocycles. The standard InChI is InChI=1S/C31H33FN4O4/c1-38-24-18-22-11-14-36(15-13-34-31(37)35-27-10-12-33-26-9-4-3-8-25(26)27)28(30(22)29(19-24)39-2)17-21-6-5-7-23(16-21)40-20-32/h3-10,12,16,18-19,28H,11,13-15,17,20H2,1-2H3,(H2,33,34,35,37). The fraction of sp³-hybridized carbons (Fsp3) is 0.290. The second kappa shape index (κ2) is 12.7. The number of para-hydroxylation sites is 1. The van der Waals surface area contributed by atoms with Gasteiger partial charge in [-0.15, -0.1) is 0 Å². The number of anilines is 1. The molecule has 0 fully saturated rings. The van der Waals surface area contributed by atoms with Crippen molar-refractivity contribution in [3.05, 3.63) is 89.6 Å². The van der Waals surface area contributed by atoms with Crippen LogP contribution in [0.2, 0.25) is 0 Å². The molecule has 208 valence electrons. The smallest absolute Gasteiger partial charge is 0.319 e. The van der Waals surface area contributed by atoms with Crippen molar-refractivity contribution >= 4 is 22.6 Å². The third-order valence-electron chi connectivity index (χ3n) is 7.23. The number of urea groups is 1. The van der Waals surface area contributed by atoms with Gasteiger partial charge in [0.25, 0.3) is 0 Å². The molecule has 0 saturated heterocycles. The summed E-state index contributed by atoms with van der Waals surface area (Å²) in [7, 11) is 3.31. The molecule has 2 N–H and O–H groups in total. The van der Waals surface area contributed by atoms with Gasteiger partial charge >= 0.3 is 6.03 Å². The van der Waals surface area contributed by atoms with Crippen LogP contribution in [0, 0.1) is 0 Å². The van der Waals surface area contributed by atoms with Crippen molar-refractivity contribution < 1.29 is 23.4 Å². The highest BCUT2D eigenvalue weighted by molar-refractivity contribution is 6.00. The van der Waals surface area contributed by atoms with E-state index in [2.05, 4.69) is 26.6 Å². The minimum absolute atomic E-state index is 0.0285. The number of benzene rings is 3. The van der Waals surface area contributed by atoms with Crippen molar-refractivity contribution in [2.24, 2.45) is 0 Å². The normalized spacial score (nSPS) is 14.8. The zero-order valence-electron chi connectivity index (χ0n) is 22.7. The van der Waals surface area contributed by atoms with Crippen LogP contribution in [0.1, 0.15) is 22.7 Å². The molecule has 0 radical (unpaired) electrons. The molecule has 0 bridgehead atoms. The topological polar surface area (TPSA) is 85.0 Å². The summed E-state index contributed by atoms with van der Waals surface area (Å²) in [6.07, 6.45) is 3.16. The first kappa shape index (κ1) is 27.2. The largest absolute Gasteiger partial charge is 0.497 e. The second-order valence-electron chi connectivity index (χ2n) is 9.57. The van der Waals surface area contributed by atoms with E-state index in [4.69, 9.17) is 14.2 Å². The highest BCUT2D eigenvalue weighted by atomic mass is 19.1. The molecule has 9 heteroatoms. The van der Waals surface area contributed by atoms with E-state index in [0.717, 1.165) is 46.5 Å². The maximum Gasteiger partial charge on any atom is 0.319 e. The van der Waals surface area contributed by atoms with Crippen LogP contribution < -0.4 is 24.8 Å². The molecule has 0 aliphatic carbocycles. The summed E-state index contributed by atoms with van der Waals surface area (Å²) < 4.78 is 29.2. The third-order valence-corrected chi connectivity index (χ3v) is 7.23. The Bertz CT molecular complexity index is 1460. The molecule has 1 aliphatic rings. The van der Waals surface area contributed by atoms with E-state index in [-0.39, 0.29) is 12.1 Å². The molecule has 5 rings (SSSR count). The van der Waals surface area contributed by atoms with Crippen LogP contribution in [0.4, 0.5) is 14.9 Å². The number of nitrogens with zero attached hydrogens (tertiary/aromatic N) is 2. The lowest BCUT2D eigenvalue weighted by Crippen LogP contribution is -2.42. The lowest BCUT2D eigenvalue weighted by atomic mass is 9.87. The number of methoxy groups -OCH3 is 2. The number of pyridine rings is 1. The van der Waals surface area contributed by atoms with Crippen molar-refractivity contribution in [3.8, 4) is 17.2 Å². The Morgan fingerprint density at radius 1 is 1.05 bits per heavy atom. The monoisotopic (exact) mass is 544 g/mol. The maximum absolute atomic E-state index is 12.8. The van der Waals surface area contributed by atoms with Crippen LogP contribution in [0.25, 0.3) is 10.9 Å². The molecule has 1 unspecified atom stereocenters. The summed E-state index contributed by atoms with van der Waals surface area (Å²) in [6.45, 7) is 1.00. The SMILES string of the molecule is COc1cc2c(c(OC)c1)C(Cc1cccc(OCF)c1)N(CCNC(=O)Nc1ccnc3ccccc13)CC2. The predicted molar refractivity (Wildman–Crippen MR) is 153 cm³/mol. The first-order chi connectivity index (χ1) is 19.6. The number of hydrogen-bond acceptors (Lipinski definition) is 6. The van der Waals surface area contributed by atoms with Gasteiger partial charge in [0, 0.05) is 48.9 Å². The van der Waals surface area contributed by atoms with Crippen LogP contribution in [-0.4, -0.2) is 56.6 Å². The van der Waals surface area contributed by atoms with Crippen LogP contribution in [0.15, 0.2) is 72.9 Å². The van der Waals surface area contributed by atoms with Gasteiger partial charge in [0.15, 0.2) is 0 Å². The number of carbonyl (C=O) groups excluding carboxylic acids is 1. The van der Waals surface area contributed by atoms with E-state index in [9.17, 15) is 9.18 Å². The molecule has 0 spiro atoms. The number of halogens is 1. The van der Waals surface area contributed by atoms with E-state index in [1.54, 1.807) is 32.5 Å². The van der Waals surface area contributed by atoms with Crippen molar-refractivity contribution in [2.45, 2.75) is 18.9 Å². The first-order valence-electron chi connectivity index (χ1n) is 13.2. The quantitative estimate of drug-likeness (QED) is 0.274.